The van der Waals surface area contributed by atoms with Gasteiger partial charge in [0.25, 0.3) is 0 Å². The number of hydrogen-bond donors (Lipinski definition) is 0. The van der Waals surface area contributed by atoms with Crippen LogP contribution < -0.4 is 14.5 Å². The molecule has 30 heavy (non-hydrogen) atoms. The summed E-state index contributed by atoms with van der Waals surface area (Å²) in [6.07, 6.45) is 0.0725. The monoisotopic (exact) mass is 428 g/mol. The standard InChI is InChI=1S/C23H28N2O4S/c1-15(2)29-20-9-7-18(8-10-20)24-12-23(26)25(19-6-5-16(3)17(4)11-19)22-14-30(27,28)13-21(22)24/h5-11,15,21-22H,12-14H2,1-4H3/t21-,22+/m1/s1. The Morgan fingerprint density at radius 2 is 1.57 bits per heavy atom. The van der Waals surface area contributed by atoms with Gasteiger partial charge in [0.05, 0.1) is 36.2 Å². The third-order valence-corrected chi connectivity index (χ3v) is 7.61. The molecule has 4 rings (SSSR count). The van der Waals surface area contributed by atoms with Crippen LogP contribution in [0.2, 0.25) is 0 Å². The van der Waals surface area contributed by atoms with E-state index >= 15 is 0 Å². The summed E-state index contributed by atoms with van der Waals surface area (Å²) in [7, 11) is -3.24. The first-order chi connectivity index (χ1) is 14.1. The van der Waals surface area contributed by atoms with E-state index in [2.05, 4.69) is 0 Å². The summed E-state index contributed by atoms with van der Waals surface area (Å²) in [6, 6.07) is 12.7. The molecule has 0 aromatic heterocycles. The molecule has 0 bridgehead atoms. The number of hydrogen-bond acceptors (Lipinski definition) is 5. The maximum absolute atomic E-state index is 13.2. The van der Waals surface area contributed by atoms with Gasteiger partial charge in [-0.15, -0.1) is 0 Å². The zero-order valence-electron chi connectivity index (χ0n) is 17.8. The molecule has 2 saturated heterocycles. The van der Waals surface area contributed by atoms with Crippen LogP contribution in [0.4, 0.5) is 11.4 Å². The first-order valence-corrected chi connectivity index (χ1v) is 12.1. The van der Waals surface area contributed by atoms with Gasteiger partial charge in [0, 0.05) is 11.4 Å². The van der Waals surface area contributed by atoms with E-state index in [0.29, 0.717) is 0 Å². The van der Waals surface area contributed by atoms with Gasteiger partial charge in [-0.1, -0.05) is 6.07 Å². The normalized spacial score (nSPS) is 23.0. The number of ether oxygens (including phenoxy) is 1. The number of rotatable bonds is 4. The lowest BCUT2D eigenvalue weighted by atomic mass is 10.0. The van der Waals surface area contributed by atoms with E-state index < -0.39 is 15.9 Å². The van der Waals surface area contributed by atoms with Crippen molar-refractivity contribution in [1.82, 2.24) is 0 Å². The SMILES string of the molecule is Cc1ccc(N2C(=O)CN(c3ccc(OC(C)C)cc3)[C@@H]3CS(=O)(=O)C[C@@H]32)cc1C. The number of carbonyl (C=O) groups is 1. The van der Waals surface area contributed by atoms with Gasteiger partial charge >= 0.3 is 0 Å². The summed E-state index contributed by atoms with van der Waals surface area (Å²) in [5.41, 5.74) is 3.84. The first-order valence-electron chi connectivity index (χ1n) is 10.3. The molecule has 2 aliphatic heterocycles. The van der Waals surface area contributed by atoms with E-state index in [1.807, 2.05) is 75.1 Å². The molecular weight excluding hydrogens is 400 g/mol. The molecular formula is C23H28N2O4S. The van der Waals surface area contributed by atoms with Gasteiger partial charge in [-0.2, -0.15) is 0 Å². The van der Waals surface area contributed by atoms with Gasteiger partial charge < -0.3 is 14.5 Å². The van der Waals surface area contributed by atoms with Crippen LogP contribution in [0.3, 0.4) is 0 Å². The van der Waals surface area contributed by atoms with Gasteiger partial charge in [-0.25, -0.2) is 8.42 Å². The molecule has 0 saturated carbocycles. The van der Waals surface area contributed by atoms with Crippen molar-refractivity contribution in [3.8, 4) is 5.75 Å². The summed E-state index contributed by atoms with van der Waals surface area (Å²) < 4.78 is 30.8. The number of carbonyl (C=O) groups excluding carboxylic acids is 1. The number of benzene rings is 2. The lowest BCUT2D eigenvalue weighted by Gasteiger charge is -2.44. The average Bonchev–Trinajstić information content (AvgIpc) is 2.98. The number of fused-ring (bicyclic) bond motifs is 1. The Kier molecular flexibility index (Phi) is 5.26. The largest absolute Gasteiger partial charge is 0.491 e. The fourth-order valence-electron chi connectivity index (χ4n) is 4.36. The molecule has 0 spiro atoms. The molecule has 0 radical (unpaired) electrons. The van der Waals surface area contributed by atoms with Crippen molar-refractivity contribution >= 4 is 27.1 Å². The van der Waals surface area contributed by atoms with E-state index in [0.717, 1.165) is 28.3 Å². The van der Waals surface area contributed by atoms with Crippen LogP contribution in [0, 0.1) is 13.8 Å². The molecule has 2 heterocycles. The van der Waals surface area contributed by atoms with Gasteiger partial charge in [-0.3, -0.25) is 4.79 Å². The predicted octanol–water partition coefficient (Wildman–Crippen LogP) is 3.11. The molecule has 7 heteroatoms. The molecule has 2 aromatic carbocycles. The van der Waals surface area contributed by atoms with Gasteiger partial charge in [0.15, 0.2) is 9.84 Å². The minimum absolute atomic E-state index is 0.0125. The van der Waals surface area contributed by atoms with Crippen molar-refractivity contribution < 1.29 is 17.9 Å². The molecule has 6 nitrogen and oxygen atoms in total. The second-order valence-corrected chi connectivity index (χ2v) is 10.7. The summed E-state index contributed by atoms with van der Waals surface area (Å²) in [6.45, 7) is 8.10. The third-order valence-electron chi connectivity index (χ3n) is 5.91. The Labute approximate surface area is 178 Å². The van der Waals surface area contributed by atoms with E-state index in [9.17, 15) is 13.2 Å². The maximum atomic E-state index is 13.2. The number of nitrogens with zero attached hydrogens (tertiary/aromatic N) is 2. The zero-order chi connectivity index (χ0) is 21.6. The fraction of sp³-hybridized carbons (Fsp3) is 0.435. The molecule has 1 amide bonds. The highest BCUT2D eigenvalue weighted by Gasteiger charge is 2.50. The van der Waals surface area contributed by atoms with Gasteiger partial charge in [-0.05, 0) is 75.2 Å². The second-order valence-electron chi connectivity index (χ2n) is 8.53. The van der Waals surface area contributed by atoms with E-state index in [-0.39, 0.29) is 36.1 Å². The lowest BCUT2D eigenvalue weighted by Crippen LogP contribution is -2.62. The van der Waals surface area contributed by atoms with Gasteiger partial charge in [0.2, 0.25) is 5.91 Å². The Hall–Kier alpha value is -2.54. The van der Waals surface area contributed by atoms with Gasteiger partial charge in [0.1, 0.15) is 5.75 Å². The second kappa shape index (κ2) is 7.61. The highest BCUT2D eigenvalue weighted by molar-refractivity contribution is 7.91. The minimum Gasteiger partial charge on any atom is -0.491 e. The number of sulfone groups is 1. The topological polar surface area (TPSA) is 66.9 Å². The van der Waals surface area contributed by atoms with Crippen LogP contribution in [0.25, 0.3) is 0 Å². The molecule has 0 unspecified atom stereocenters. The number of anilines is 2. The highest BCUT2D eigenvalue weighted by Crippen LogP contribution is 2.35. The van der Waals surface area contributed by atoms with Crippen LogP contribution in [0.1, 0.15) is 25.0 Å². The quantitative estimate of drug-likeness (QED) is 0.749. The number of aryl methyl sites for hydroxylation is 2. The first kappa shape index (κ1) is 20.7. The van der Waals surface area contributed by atoms with Crippen LogP contribution in [0.15, 0.2) is 42.5 Å². The smallest absolute Gasteiger partial charge is 0.246 e. The predicted molar refractivity (Wildman–Crippen MR) is 119 cm³/mol. The van der Waals surface area contributed by atoms with Crippen molar-refractivity contribution in [2.24, 2.45) is 0 Å². The van der Waals surface area contributed by atoms with Crippen LogP contribution in [-0.4, -0.2) is 50.6 Å². The van der Waals surface area contributed by atoms with Crippen molar-refractivity contribution in [2.45, 2.75) is 45.9 Å². The Balaban J connectivity index is 1.68. The Bertz CT molecular complexity index is 1060. The van der Waals surface area contributed by atoms with Crippen LogP contribution >= 0.6 is 0 Å². The van der Waals surface area contributed by atoms with Crippen molar-refractivity contribution in [3.05, 3.63) is 53.6 Å². The van der Waals surface area contributed by atoms with Crippen molar-refractivity contribution in [1.29, 1.82) is 0 Å². The van der Waals surface area contributed by atoms with E-state index in [1.165, 1.54) is 0 Å². The summed E-state index contributed by atoms with van der Waals surface area (Å²) in [4.78, 5) is 16.8. The Morgan fingerprint density at radius 1 is 0.933 bits per heavy atom. The van der Waals surface area contributed by atoms with Crippen molar-refractivity contribution in [3.63, 3.8) is 0 Å². The molecule has 2 fully saturated rings. The summed E-state index contributed by atoms with van der Waals surface area (Å²) in [5, 5.41) is 0. The molecule has 0 N–H and O–H groups in total. The third kappa shape index (κ3) is 3.90. The Morgan fingerprint density at radius 3 is 2.20 bits per heavy atom. The molecule has 0 aliphatic carbocycles. The van der Waals surface area contributed by atoms with E-state index in [4.69, 9.17) is 4.74 Å². The summed E-state index contributed by atoms with van der Waals surface area (Å²) >= 11 is 0. The molecule has 160 valence electrons. The molecule has 2 aliphatic rings. The van der Waals surface area contributed by atoms with Crippen LogP contribution in [0.5, 0.6) is 5.75 Å². The number of amides is 1. The maximum Gasteiger partial charge on any atom is 0.246 e. The average molecular weight is 429 g/mol. The zero-order valence-corrected chi connectivity index (χ0v) is 18.6. The van der Waals surface area contributed by atoms with E-state index in [1.54, 1.807) is 4.90 Å². The minimum atomic E-state index is -3.24. The lowest BCUT2D eigenvalue weighted by molar-refractivity contribution is -0.118. The van der Waals surface area contributed by atoms with Crippen LogP contribution in [-0.2, 0) is 14.6 Å². The highest BCUT2D eigenvalue weighted by atomic mass is 32.2. The number of piperazine rings is 1. The summed E-state index contributed by atoms with van der Waals surface area (Å²) in [5.74, 6) is 0.710. The molecule has 2 atom stereocenters. The van der Waals surface area contributed by atoms with Crippen molar-refractivity contribution in [2.75, 3.05) is 27.9 Å². The fourth-order valence-corrected chi connectivity index (χ4v) is 6.31. The molecule has 2 aromatic rings.